The second kappa shape index (κ2) is 24.5. The number of nitrogens with zero attached hydrogens (tertiary/aromatic N) is 3. The molecule has 2 aromatic heterocycles. The van der Waals surface area contributed by atoms with Crippen molar-refractivity contribution in [2.45, 2.75) is 19.3 Å². The topological polar surface area (TPSA) is 22.8 Å². The van der Waals surface area contributed by atoms with Crippen LogP contribution in [0.15, 0.2) is 382 Å². The van der Waals surface area contributed by atoms with Crippen molar-refractivity contribution in [1.82, 2.24) is 14.1 Å². The first kappa shape index (κ1) is 62.4. The summed E-state index contributed by atoms with van der Waals surface area (Å²) in [6, 6.07) is 143. The molecule has 0 spiro atoms. The predicted octanol–water partition coefficient (Wildman–Crippen LogP) is 28.6. The van der Waals surface area contributed by atoms with Crippen molar-refractivity contribution in [3.63, 3.8) is 0 Å². The van der Waals surface area contributed by atoms with Gasteiger partial charge in [-0.1, -0.05) is 335 Å². The largest absolute Gasteiger partial charge is 0.309 e. The summed E-state index contributed by atoms with van der Waals surface area (Å²) in [6.07, 6.45) is 0. The van der Waals surface area contributed by atoms with Gasteiger partial charge in [0.15, 0.2) is 0 Å². The summed E-state index contributed by atoms with van der Waals surface area (Å²) in [5.41, 5.74) is 31.3. The number of fused-ring (bicyclic) bond motifs is 13. The van der Waals surface area contributed by atoms with E-state index < -0.39 is 0 Å². The van der Waals surface area contributed by atoms with Crippen LogP contribution in [0, 0.1) is 0 Å². The molecule has 0 saturated carbocycles. The molecule has 0 radical (unpaired) electrons. The first-order chi connectivity index (χ1) is 53.9. The van der Waals surface area contributed by atoms with Gasteiger partial charge in [-0.3, -0.25) is 4.57 Å². The fraction of sp³-hybridized carbons (Fsp3) is 0.0283. The smallest absolute Gasteiger partial charge is 0.145 e. The van der Waals surface area contributed by atoms with Gasteiger partial charge in [0.2, 0.25) is 0 Å². The number of imidazole rings is 1. The van der Waals surface area contributed by atoms with Crippen LogP contribution in [-0.2, 0) is 5.41 Å². The molecular weight excluding hydrogens is 1320 g/mol. The molecule has 3 heteroatoms. The van der Waals surface area contributed by atoms with E-state index >= 15 is 0 Å². The lowest BCUT2D eigenvalue weighted by Crippen LogP contribution is -2.14. The zero-order valence-electron chi connectivity index (χ0n) is 60.2. The van der Waals surface area contributed by atoms with Crippen molar-refractivity contribution in [2.24, 2.45) is 0 Å². The van der Waals surface area contributed by atoms with Crippen molar-refractivity contribution < 1.29 is 0 Å². The number of benzene rings is 19. The monoisotopic (exact) mass is 1380 g/mol. The fourth-order valence-corrected chi connectivity index (χ4v) is 19.1. The lowest BCUT2D eigenvalue weighted by molar-refractivity contribution is 0.661. The molecule has 3 nitrogen and oxygen atoms in total. The van der Waals surface area contributed by atoms with Crippen LogP contribution < -0.4 is 0 Å². The Kier molecular flexibility index (Phi) is 14.1. The van der Waals surface area contributed by atoms with Crippen molar-refractivity contribution in [1.29, 1.82) is 0 Å². The zero-order valence-corrected chi connectivity index (χ0v) is 60.2. The lowest BCUT2D eigenvalue weighted by atomic mass is 9.73. The molecule has 0 N–H and O–H groups in total. The Labute approximate surface area is 632 Å². The average Bonchev–Trinajstić information content (AvgIpc) is 1.47. The van der Waals surface area contributed by atoms with Gasteiger partial charge < -0.3 is 4.57 Å². The Morgan fingerprint density at radius 2 is 0.569 bits per heavy atom. The van der Waals surface area contributed by atoms with Crippen LogP contribution in [0.25, 0.3) is 210 Å². The molecule has 0 fully saturated rings. The van der Waals surface area contributed by atoms with Gasteiger partial charge in [-0.15, -0.1) is 0 Å². The number of para-hydroxylation sites is 4. The van der Waals surface area contributed by atoms with E-state index in [9.17, 15) is 0 Å². The van der Waals surface area contributed by atoms with E-state index in [0.717, 1.165) is 95.0 Å². The third-order valence-electron chi connectivity index (χ3n) is 23.6. The van der Waals surface area contributed by atoms with Crippen molar-refractivity contribution >= 4 is 86.7 Å². The minimum Gasteiger partial charge on any atom is -0.309 e. The van der Waals surface area contributed by atoms with Gasteiger partial charge in [0, 0.05) is 33.1 Å². The van der Waals surface area contributed by atoms with Crippen molar-refractivity contribution in [3.05, 3.63) is 393 Å². The highest BCUT2D eigenvalue weighted by molar-refractivity contribution is 6.46. The quantitative estimate of drug-likeness (QED) is 0.0935. The summed E-state index contributed by atoms with van der Waals surface area (Å²) in [6.45, 7) is 4.78. The molecule has 22 rings (SSSR count). The molecule has 0 unspecified atom stereocenters. The molecule has 0 aliphatic heterocycles. The second-order valence-corrected chi connectivity index (χ2v) is 29.8. The van der Waals surface area contributed by atoms with Gasteiger partial charge in [-0.05, 0) is 226 Å². The van der Waals surface area contributed by atoms with Gasteiger partial charge in [0.05, 0.1) is 22.1 Å². The lowest BCUT2D eigenvalue weighted by Gasteiger charge is -2.29. The van der Waals surface area contributed by atoms with Crippen LogP contribution >= 0.6 is 0 Å². The SMILES string of the molecule is CC1(C)c2ccccc2-c2cc3c4ccccc4n(-c4ccc(-c5c(-c6ccccc6)c(-c6ccccc6)c(-c6cccc(-c7nc8ccccc8n7-c7ccccc7)c6)c6c7cccc8c9c(-c%10ccccc%10)c(-c%10ccccc%10)c(-c%10ccccc%10)c(-c%10ccccc%10)c9c9cccc(c56)c9c87)cc4)c3cc21. The Bertz CT molecular complexity index is 7220. The third kappa shape index (κ3) is 9.40. The Balaban J connectivity index is 0.936. The molecule has 0 saturated heterocycles. The van der Waals surface area contributed by atoms with Gasteiger partial charge in [-0.2, -0.15) is 0 Å². The molecule has 0 amide bonds. The molecule has 0 bridgehead atoms. The van der Waals surface area contributed by atoms with Crippen molar-refractivity contribution in [2.75, 3.05) is 0 Å². The minimum atomic E-state index is -0.179. The molecule has 1 aliphatic rings. The Morgan fingerprint density at radius 1 is 0.211 bits per heavy atom. The normalized spacial score (nSPS) is 12.6. The summed E-state index contributed by atoms with van der Waals surface area (Å²) in [7, 11) is 0. The Morgan fingerprint density at radius 3 is 1.06 bits per heavy atom. The van der Waals surface area contributed by atoms with E-state index in [2.05, 4.69) is 405 Å². The van der Waals surface area contributed by atoms with Gasteiger partial charge in [0.25, 0.3) is 0 Å². The molecule has 0 atom stereocenters. The van der Waals surface area contributed by atoms with Crippen LogP contribution in [0.2, 0.25) is 0 Å². The van der Waals surface area contributed by atoms with E-state index in [4.69, 9.17) is 4.98 Å². The second-order valence-electron chi connectivity index (χ2n) is 29.8. The summed E-state index contributed by atoms with van der Waals surface area (Å²) in [5.74, 6) is 0.876. The van der Waals surface area contributed by atoms with E-state index in [1.807, 2.05) is 0 Å². The highest BCUT2D eigenvalue weighted by Crippen LogP contribution is 2.61. The van der Waals surface area contributed by atoms with Crippen molar-refractivity contribution in [3.8, 4) is 123 Å². The zero-order chi connectivity index (χ0) is 72.0. The molecule has 21 aromatic rings. The minimum absolute atomic E-state index is 0.179. The number of hydrogen-bond donors (Lipinski definition) is 0. The molecule has 508 valence electrons. The van der Waals surface area contributed by atoms with E-state index in [1.165, 1.54) is 126 Å². The van der Waals surface area contributed by atoms with Gasteiger partial charge in [-0.25, -0.2) is 4.98 Å². The highest BCUT2D eigenvalue weighted by atomic mass is 15.1. The first-order valence-corrected chi connectivity index (χ1v) is 37.9. The molecule has 2 heterocycles. The van der Waals surface area contributed by atoms with E-state index in [1.54, 1.807) is 0 Å². The van der Waals surface area contributed by atoms with Crippen LogP contribution in [0.1, 0.15) is 25.0 Å². The summed E-state index contributed by atoms with van der Waals surface area (Å²) in [4.78, 5) is 5.56. The standard InChI is InChI=1S/C106H69N3/c1-106(2)85-55-26-24-49-77(85)83-64-84-78-50-25-28-57-88(78)108(90(84)65-86(83)106)76-61-59-72(60-62-76)97-93(68-37-14-5-15-38-68)94(69-39-16-6-17-40-69)98(73-45-30-46-74(63-73)105-107-87-56-27-29-58-89(87)109(105)75-47-22-9-23-48-75)104-82-54-32-52-80-100(82)99-79(51-31-53-81(99)103(97)104)101-95(70-41-18-7-19-42-70)91(66-33-10-3-11-34-66)92(67-35-12-4-13-36-67)96(102(80)101)71-43-20-8-21-44-71/h3-65H,1-2H3. The third-order valence-corrected chi connectivity index (χ3v) is 23.6. The molecule has 109 heavy (non-hydrogen) atoms. The van der Waals surface area contributed by atoms with Crippen LogP contribution in [-0.4, -0.2) is 14.1 Å². The Hall–Kier alpha value is -14.0. The van der Waals surface area contributed by atoms with Gasteiger partial charge in [0.1, 0.15) is 5.82 Å². The molecular formula is C106H69N3. The summed E-state index contributed by atoms with van der Waals surface area (Å²) >= 11 is 0. The summed E-state index contributed by atoms with van der Waals surface area (Å²) < 4.78 is 4.85. The van der Waals surface area contributed by atoms with Crippen LogP contribution in [0.5, 0.6) is 0 Å². The van der Waals surface area contributed by atoms with E-state index in [0.29, 0.717) is 0 Å². The summed E-state index contributed by atoms with van der Waals surface area (Å²) in [5, 5.41) is 14.6. The molecule has 19 aromatic carbocycles. The van der Waals surface area contributed by atoms with Crippen LogP contribution in [0.3, 0.4) is 0 Å². The number of rotatable bonds is 11. The maximum Gasteiger partial charge on any atom is 0.145 e. The molecule has 1 aliphatic carbocycles. The maximum atomic E-state index is 5.56. The maximum absolute atomic E-state index is 5.56. The van der Waals surface area contributed by atoms with Crippen LogP contribution in [0.4, 0.5) is 0 Å². The predicted molar refractivity (Wildman–Crippen MR) is 461 cm³/mol. The number of aromatic nitrogens is 3. The fourth-order valence-electron chi connectivity index (χ4n) is 19.1. The highest BCUT2D eigenvalue weighted by Gasteiger charge is 2.37. The average molecular weight is 1380 g/mol. The van der Waals surface area contributed by atoms with E-state index in [-0.39, 0.29) is 5.41 Å². The van der Waals surface area contributed by atoms with Gasteiger partial charge >= 0.3 is 0 Å². The first-order valence-electron chi connectivity index (χ1n) is 37.9. The number of hydrogen-bond acceptors (Lipinski definition) is 1.